The van der Waals surface area contributed by atoms with Crippen LogP contribution in [0.15, 0.2) is 18.3 Å². The van der Waals surface area contributed by atoms with Crippen molar-refractivity contribution >= 4 is 23.4 Å². The van der Waals surface area contributed by atoms with Crippen LogP contribution in [-0.4, -0.2) is 62.0 Å². The molecule has 2 fully saturated rings. The maximum absolute atomic E-state index is 12.6. The van der Waals surface area contributed by atoms with Crippen molar-refractivity contribution in [2.24, 2.45) is 0 Å². The monoisotopic (exact) mass is 328 g/mol. The van der Waals surface area contributed by atoms with Crippen LogP contribution in [-0.2, 0) is 4.79 Å². The number of aromatic nitrogens is 3. The van der Waals surface area contributed by atoms with E-state index in [1.807, 2.05) is 17.9 Å². The van der Waals surface area contributed by atoms with Gasteiger partial charge in [-0.2, -0.15) is 9.61 Å². The first-order valence-corrected chi connectivity index (χ1v) is 8.28. The molecular formula is C16H20N6O2. The normalized spacial score (nSPS) is 21.0. The van der Waals surface area contributed by atoms with Gasteiger partial charge in [-0.3, -0.25) is 10.1 Å². The van der Waals surface area contributed by atoms with Gasteiger partial charge in [-0.25, -0.2) is 9.78 Å². The molecule has 0 spiro atoms. The van der Waals surface area contributed by atoms with Crippen LogP contribution in [0, 0.1) is 6.92 Å². The van der Waals surface area contributed by atoms with Crippen LogP contribution in [0.5, 0.6) is 0 Å². The number of likely N-dealkylation sites (tertiary alicyclic amines) is 2. The minimum atomic E-state index is -0.162. The summed E-state index contributed by atoms with van der Waals surface area (Å²) in [5, 5.41) is 7.26. The van der Waals surface area contributed by atoms with E-state index >= 15 is 0 Å². The van der Waals surface area contributed by atoms with Crippen LogP contribution >= 0.6 is 0 Å². The van der Waals surface area contributed by atoms with E-state index < -0.39 is 0 Å². The highest BCUT2D eigenvalue weighted by Gasteiger charge is 2.34. The fourth-order valence-electron chi connectivity index (χ4n) is 3.53. The van der Waals surface area contributed by atoms with E-state index in [1.165, 1.54) is 0 Å². The topological polar surface area (TPSA) is 82.8 Å². The highest BCUT2D eigenvalue weighted by atomic mass is 16.2. The quantitative estimate of drug-likeness (QED) is 0.900. The van der Waals surface area contributed by atoms with Gasteiger partial charge in [0.2, 0.25) is 5.91 Å². The molecule has 0 saturated carbocycles. The fraction of sp³-hybridized carbons (Fsp3) is 0.500. The average molecular weight is 328 g/mol. The van der Waals surface area contributed by atoms with Gasteiger partial charge in [0, 0.05) is 38.3 Å². The lowest BCUT2D eigenvalue weighted by atomic mass is 10.2. The van der Waals surface area contributed by atoms with Crippen LogP contribution in [0.3, 0.4) is 0 Å². The Hall–Kier alpha value is -2.64. The molecule has 8 heteroatoms. The van der Waals surface area contributed by atoms with E-state index in [4.69, 9.17) is 0 Å². The first kappa shape index (κ1) is 14.9. The van der Waals surface area contributed by atoms with E-state index in [0.717, 1.165) is 25.1 Å². The number of fused-ring (bicyclic) bond motifs is 1. The molecule has 1 N–H and O–H groups in total. The standard InChI is InChI=1S/C16H20N6O2/c1-11-9-14-17-6-4-13(22(14)19-11)18-16(24)20-8-5-12(10-20)21-7-2-3-15(21)23/h4,6,9,12H,2-3,5,7-8,10H2,1H3,(H,18,24). The number of urea groups is 1. The molecule has 0 aliphatic carbocycles. The van der Waals surface area contributed by atoms with Crippen molar-refractivity contribution in [2.75, 3.05) is 25.0 Å². The summed E-state index contributed by atoms with van der Waals surface area (Å²) in [6, 6.07) is 3.58. The van der Waals surface area contributed by atoms with Crippen molar-refractivity contribution in [3.63, 3.8) is 0 Å². The Bertz CT molecular complexity index is 801. The predicted octanol–water partition coefficient (Wildman–Crippen LogP) is 1.27. The average Bonchev–Trinajstić information content (AvgIpc) is 3.25. The zero-order valence-electron chi connectivity index (χ0n) is 13.6. The highest BCUT2D eigenvalue weighted by Crippen LogP contribution is 2.22. The van der Waals surface area contributed by atoms with E-state index in [9.17, 15) is 9.59 Å². The number of nitrogens with zero attached hydrogens (tertiary/aromatic N) is 5. The molecule has 2 aromatic heterocycles. The van der Waals surface area contributed by atoms with Crippen molar-refractivity contribution in [1.82, 2.24) is 24.4 Å². The Balaban J connectivity index is 1.45. The summed E-state index contributed by atoms with van der Waals surface area (Å²) in [7, 11) is 0. The van der Waals surface area contributed by atoms with E-state index in [1.54, 1.807) is 21.7 Å². The number of carbonyl (C=O) groups excluding carboxylic acids is 2. The number of aryl methyl sites for hydroxylation is 1. The van der Waals surface area contributed by atoms with Gasteiger partial charge in [-0.1, -0.05) is 0 Å². The van der Waals surface area contributed by atoms with Crippen LogP contribution in [0.25, 0.3) is 5.65 Å². The number of hydrogen-bond donors (Lipinski definition) is 1. The summed E-state index contributed by atoms with van der Waals surface area (Å²) in [6.07, 6.45) is 4.05. The van der Waals surface area contributed by atoms with Gasteiger partial charge in [-0.05, 0) is 25.8 Å². The van der Waals surface area contributed by atoms with Crippen LogP contribution in [0.2, 0.25) is 0 Å². The zero-order chi connectivity index (χ0) is 16.7. The third-order valence-corrected chi connectivity index (χ3v) is 4.72. The second-order valence-corrected chi connectivity index (χ2v) is 6.40. The molecule has 2 aliphatic heterocycles. The van der Waals surface area contributed by atoms with Crippen molar-refractivity contribution in [3.8, 4) is 0 Å². The minimum absolute atomic E-state index is 0.148. The van der Waals surface area contributed by atoms with Crippen molar-refractivity contribution < 1.29 is 9.59 Å². The molecule has 1 atom stereocenters. The Kier molecular flexibility index (Phi) is 3.59. The van der Waals surface area contributed by atoms with Gasteiger partial charge in [0.1, 0.15) is 5.82 Å². The lowest BCUT2D eigenvalue weighted by Gasteiger charge is -2.24. The summed E-state index contributed by atoms with van der Waals surface area (Å²) in [5.74, 6) is 0.809. The smallest absolute Gasteiger partial charge is 0.323 e. The van der Waals surface area contributed by atoms with Crippen molar-refractivity contribution in [2.45, 2.75) is 32.2 Å². The van der Waals surface area contributed by atoms with Gasteiger partial charge in [0.25, 0.3) is 0 Å². The van der Waals surface area contributed by atoms with Gasteiger partial charge >= 0.3 is 6.03 Å². The molecule has 1 unspecified atom stereocenters. The first-order valence-electron chi connectivity index (χ1n) is 8.28. The van der Waals surface area contributed by atoms with Crippen LogP contribution in [0.1, 0.15) is 25.0 Å². The molecule has 4 rings (SSSR count). The number of carbonyl (C=O) groups is 2. The summed E-state index contributed by atoms with van der Waals surface area (Å²) in [5.41, 5.74) is 1.55. The van der Waals surface area contributed by atoms with Crippen molar-refractivity contribution in [3.05, 3.63) is 24.0 Å². The zero-order valence-corrected chi connectivity index (χ0v) is 13.6. The van der Waals surface area contributed by atoms with E-state index in [2.05, 4.69) is 15.4 Å². The van der Waals surface area contributed by atoms with Gasteiger partial charge < -0.3 is 9.80 Å². The largest absolute Gasteiger partial charge is 0.338 e. The summed E-state index contributed by atoms with van der Waals surface area (Å²) >= 11 is 0. The first-order chi connectivity index (χ1) is 11.6. The second kappa shape index (κ2) is 5.77. The van der Waals surface area contributed by atoms with Gasteiger partial charge in [-0.15, -0.1) is 0 Å². The molecule has 2 aliphatic rings. The maximum atomic E-state index is 12.6. The summed E-state index contributed by atoms with van der Waals surface area (Å²) in [6.45, 7) is 3.95. The molecule has 4 heterocycles. The van der Waals surface area contributed by atoms with Gasteiger partial charge in [0.05, 0.1) is 11.7 Å². The number of rotatable bonds is 2. The Labute approximate surface area is 139 Å². The lowest BCUT2D eigenvalue weighted by Crippen LogP contribution is -2.40. The molecule has 126 valence electrons. The summed E-state index contributed by atoms with van der Waals surface area (Å²) in [4.78, 5) is 32.3. The Morgan fingerprint density at radius 2 is 2.25 bits per heavy atom. The predicted molar refractivity (Wildman–Crippen MR) is 87.7 cm³/mol. The summed E-state index contributed by atoms with van der Waals surface area (Å²) < 4.78 is 1.63. The van der Waals surface area contributed by atoms with Crippen molar-refractivity contribution in [1.29, 1.82) is 0 Å². The third-order valence-electron chi connectivity index (χ3n) is 4.72. The molecule has 8 nitrogen and oxygen atoms in total. The van der Waals surface area contributed by atoms with E-state index in [0.29, 0.717) is 31.0 Å². The third kappa shape index (κ3) is 2.57. The minimum Gasteiger partial charge on any atom is -0.338 e. The number of hydrogen-bond acceptors (Lipinski definition) is 4. The Morgan fingerprint density at radius 3 is 3.04 bits per heavy atom. The molecule has 2 saturated heterocycles. The maximum Gasteiger partial charge on any atom is 0.323 e. The van der Waals surface area contributed by atoms with Crippen LogP contribution in [0.4, 0.5) is 10.6 Å². The molecule has 3 amide bonds. The second-order valence-electron chi connectivity index (χ2n) is 6.40. The molecule has 2 aromatic rings. The molecular weight excluding hydrogens is 308 g/mol. The highest BCUT2D eigenvalue weighted by molar-refractivity contribution is 5.89. The SMILES string of the molecule is Cc1cc2nccc(NC(=O)N3CCC(N4CCCC4=O)C3)n2n1. The molecule has 0 aromatic carbocycles. The molecule has 0 bridgehead atoms. The van der Waals surface area contributed by atoms with Gasteiger partial charge in [0.15, 0.2) is 5.65 Å². The fourth-order valence-corrected chi connectivity index (χ4v) is 3.53. The van der Waals surface area contributed by atoms with Crippen LogP contribution < -0.4 is 5.32 Å². The Morgan fingerprint density at radius 1 is 1.38 bits per heavy atom. The van der Waals surface area contributed by atoms with E-state index in [-0.39, 0.29) is 18.0 Å². The lowest BCUT2D eigenvalue weighted by molar-refractivity contribution is -0.129. The number of nitrogens with one attached hydrogen (secondary N) is 1. The number of anilines is 1. The molecule has 24 heavy (non-hydrogen) atoms. The molecule has 0 radical (unpaired) electrons. The number of amides is 3.